The molecule has 1 aliphatic rings. The monoisotopic (exact) mass is 629 g/mol. The van der Waals surface area contributed by atoms with Crippen molar-refractivity contribution in [2.75, 3.05) is 6.61 Å². The summed E-state index contributed by atoms with van der Waals surface area (Å²) in [5, 5.41) is 21.6. The van der Waals surface area contributed by atoms with Crippen molar-refractivity contribution < 1.29 is 43.4 Å². The maximum Gasteiger partial charge on any atom is 0.338 e. The number of ether oxygens (including phenoxy) is 4. The summed E-state index contributed by atoms with van der Waals surface area (Å²) < 4.78 is 23.9. The van der Waals surface area contributed by atoms with Gasteiger partial charge in [-0.2, -0.15) is 0 Å². The highest BCUT2D eigenvalue weighted by molar-refractivity contribution is 7.99. The minimum absolute atomic E-state index is 0.133. The number of nitro groups is 1. The number of non-ortho nitro benzene ring substituents is 1. The highest BCUT2D eigenvalue weighted by Crippen LogP contribution is 2.38. The van der Waals surface area contributed by atoms with E-state index >= 15 is 0 Å². The van der Waals surface area contributed by atoms with Gasteiger partial charge in [0.05, 0.1) is 28.2 Å². The molecule has 5 rings (SSSR count). The van der Waals surface area contributed by atoms with Crippen molar-refractivity contribution in [1.82, 2.24) is 0 Å². The van der Waals surface area contributed by atoms with Gasteiger partial charge in [0, 0.05) is 17.0 Å². The Morgan fingerprint density at radius 1 is 0.667 bits per heavy atom. The Morgan fingerprint density at radius 3 is 1.51 bits per heavy atom. The Balaban J connectivity index is 1.54. The predicted octanol–water partition coefficient (Wildman–Crippen LogP) is 5.08. The second-order valence-electron chi connectivity index (χ2n) is 9.80. The van der Waals surface area contributed by atoms with Gasteiger partial charge in [0.2, 0.25) is 0 Å². The van der Waals surface area contributed by atoms with Gasteiger partial charge < -0.3 is 24.1 Å². The first kappa shape index (κ1) is 31.4. The van der Waals surface area contributed by atoms with Crippen molar-refractivity contribution >= 4 is 35.4 Å². The Kier molecular flexibility index (Phi) is 10.2. The van der Waals surface area contributed by atoms with Crippen LogP contribution >= 0.6 is 11.8 Å². The van der Waals surface area contributed by atoms with Crippen LogP contribution in [0.4, 0.5) is 5.69 Å². The number of aliphatic hydroxyl groups excluding tert-OH is 1. The summed E-state index contributed by atoms with van der Waals surface area (Å²) >= 11 is 1.03. The second-order valence-corrected chi connectivity index (χ2v) is 11.0. The smallest absolute Gasteiger partial charge is 0.338 e. The van der Waals surface area contributed by atoms with Crippen molar-refractivity contribution in [3.63, 3.8) is 0 Å². The molecule has 1 N–H and O–H groups in total. The van der Waals surface area contributed by atoms with E-state index in [-0.39, 0.29) is 22.4 Å². The summed E-state index contributed by atoms with van der Waals surface area (Å²) in [5.74, 6) is -2.34. The van der Waals surface area contributed by atoms with Crippen LogP contribution in [0.25, 0.3) is 0 Å². The van der Waals surface area contributed by atoms with Crippen molar-refractivity contribution in [3.05, 3.63) is 142 Å². The van der Waals surface area contributed by atoms with E-state index < -0.39 is 59.3 Å². The summed E-state index contributed by atoms with van der Waals surface area (Å²) in [6.45, 7) is -0.650. The first-order valence-electron chi connectivity index (χ1n) is 13.8. The zero-order chi connectivity index (χ0) is 31.8. The SMILES string of the molecule is O=C(O[C@@H]1[C@@H](OC(=O)c2ccccc2)[C@H](Sc2ccc([N+](=O)[O-])cc2)O[C@H](CO)[C@H]1OC(=O)c1ccccc1)c1ccccc1. The molecule has 11 nitrogen and oxygen atoms in total. The van der Waals surface area contributed by atoms with E-state index in [4.69, 9.17) is 18.9 Å². The number of thioether (sulfide) groups is 1. The molecule has 0 aliphatic carbocycles. The number of rotatable bonds is 10. The molecule has 0 radical (unpaired) electrons. The van der Waals surface area contributed by atoms with Crippen molar-refractivity contribution in [3.8, 4) is 0 Å². The Labute approximate surface area is 261 Å². The Bertz CT molecular complexity index is 1620. The maximum absolute atomic E-state index is 13.4. The van der Waals surface area contributed by atoms with Gasteiger partial charge in [0.15, 0.2) is 18.3 Å². The summed E-state index contributed by atoms with van der Waals surface area (Å²) in [6.07, 6.45) is -5.44. The van der Waals surface area contributed by atoms with Gasteiger partial charge in [-0.25, -0.2) is 14.4 Å². The largest absolute Gasteiger partial charge is 0.452 e. The van der Waals surface area contributed by atoms with Gasteiger partial charge in [-0.1, -0.05) is 66.4 Å². The van der Waals surface area contributed by atoms with Crippen LogP contribution in [0.3, 0.4) is 0 Å². The number of benzene rings is 4. The van der Waals surface area contributed by atoms with Crippen LogP contribution in [0.5, 0.6) is 0 Å². The lowest BCUT2D eigenvalue weighted by atomic mass is 9.98. The first-order chi connectivity index (χ1) is 21.8. The van der Waals surface area contributed by atoms with E-state index in [1.165, 1.54) is 48.5 Å². The first-order valence-corrected chi connectivity index (χ1v) is 14.7. The van der Waals surface area contributed by atoms with Crippen LogP contribution in [0.15, 0.2) is 120 Å². The minimum atomic E-state index is -1.44. The maximum atomic E-state index is 13.4. The van der Waals surface area contributed by atoms with Gasteiger partial charge >= 0.3 is 17.9 Å². The number of hydrogen-bond acceptors (Lipinski definition) is 11. The minimum Gasteiger partial charge on any atom is -0.452 e. The van der Waals surface area contributed by atoms with E-state index in [0.29, 0.717) is 4.90 Å². The van der Waals surface area contributed by atoms with Crippen LogP contribution in [0.1, 0.15) is 31.1 Å². The number of nitro benzene ring substituents is 1. The van der Waals surface area contributed by atoms with Crippen LogP contribution in [0.2, 0.25) is 0 Å². The third-order valence-corrected chi connectivity index (χ3v) is 7.98. The van der Waals surface area contributed by atoms with E-state index in [1.807, 2.05) is 0 Å². The molecule has 0 amide bonds. The predicted molar refractivity (Wildman–Crippen MR) is 162 cm³/mol. The van der Waals surface area contributed by atoms with Crippen LogP contribution < -0.4 is 0 Å². The fourth-order valence-corrected chi connectivity index (χ4v) is 5.70. The van der Waals surface area contributed by atoms with Crippen molar-refractivity contribution in [1.29, 1.82) is 0 Å². The van der Waals surface area contributed by atoms with Crippen molar-refractivity contribution in [2.45, 2.75) is 34.7 Å². The van der Waals surface area contributed by atoms with Crippen LogP contribution in [-0.4, -0.2) is 64.4 Å². The number of carbonyl (C=O) groups is 3. The summed E-state index contributed by atoms with van der Waals surface area (Å²) in [4.78, 5) is 51.1. The third-order valence-electron chi connectivity index (χ3n) is 6.83. The number of aliphatic hydroxyl groups is 1. The number of nitrogens with zero attached hydrogens (tertiary/aromatic N) is 1. The molecule has 0 bridgehead atoms. The molecule has 0 saturated carbocycles. The molecule has 4 aromatic rings. The molecule has 12 heteroatoms. The zero-order valence-electron chi connectivity index (χ0n) is 23.5. The topological polar surface area (TPSA) is 152 Å². The summed E-state index contributed by atoms with van der Waals surface area (Å²) in [6, 6.07) is 29.8. The lowest BCUT2D eigenvalue weighted by Crippen LogP contribution is -2.61. The molecule has 0 unspecified atom stereocenters. The van der Waals surface area contributed by atoms with Gasteiger partial charge in [-0.3, -0.25) is 10.1 Å². The molecular weight excluding hydrogens is 602 g/mol. The van der Waals surface area contributed by atoms with Gasteiger partial charge in [0.25, 0.3) is 5.69 Å². The highest BCUT2D eigenvalue weighted by Gasteiger charge is 2.52. The molecule has 1 heterocycles. The Morgan fingerprint density at radius 2 is 1.09 bits per heavy atom. The molecule has 5 atom stereocenters. The Hall–Kier alpha value is -5.04. The van der Waals surface area contributed by atoms with Gasteiger partial charge in [0.1, 0.15) is 11.5 Å². The number of hydrogen-bond donors (Lipinski definition) is 1. The van der Waals surface area contributed by atoms with Crippen molar-refractivity contribution in [2.24, 2.45) is 0 Å². The van der Waals surface area contributed by atoms with E-state index in [0.717, 1.165) is 11.8 Å². The van der Waals surface area contributed by atoms with Crippen LogP contribution in [0, 0.1) is 10.1 Å². The van der Waals surface area contributed by atoms with E-state index in [1.54, 1.807) is 66.7 Å². The number of carbonyl (C=O) groups excluding carboxylic acids is 3. The molecule has 1 saturated heterocycles. The summed E-state index contributed by atoms with van der Waals surface area (Å²) in [5.41, 5.74) is -0.664. The number of esters is 3. The van der Waals surface area contributed by atoms with E-state index in [2.05, 4.69) is 0 Å². The lowest BCUT2D eigenvalue weighted by molar-refractivity contribution is -0.384. The molecule has 0 spiro atoms. The normalized spacial score (nSPS) is 20.9. The standard InChI is InChI=1S/C33H27NO10S/c35-20-26-27(42-30(36)21-10-4-1-5-11-21)28(43-31(37)22-12-6-2-7-13-22)29(44-32(38)23-14-8-3-9-15-23)33(41-26)45-25-18-16-24(17-19-25)34(39)40/h1-19,26-29,33,35H,20H2/t26-,27-,28+,29-,33+/m1/s1. The quantitative estimate of drug-likeness (QED) is 0.108. The zero-order valence-corrected chi connectivity index (χ0v) is 24.4. The molecular formula is C33H27NO10S. The van der Waals surface area contributed by atoms with E-state index in [9.17, 15) is 29.6 Å². The lowest BCUT2D eigenvalue weighted by Gasteiger charge is -2.44. The molecule has 230 valence electrons. The average Bonchev–Trinajstić information content (AvgIpc) is 3.08. The fourth-order valence-electron chi connectivity index (χ4n) is 4.60. The van der Waals surface area contributed by atoms with Gasteiger partial charge in [-0.15, -0.1) is 0 Å². The van der Waals surface area contributed by atoms with Gasteiger partial charge in [-0.05, 0) is 48.5 Å². The summed E-state index contributed by atoms with van der Waals surface area (Å²) in [7, 11) is 0. The molecule has 45 heavy (non-hydrogen) atoms. The highest BCUT2D eigenvalue weighted by atomic mass is 32.2. The van der Waals surface area contributed by atoms with Crippen LogP contribution in [-0.2, 0) is 18.9 Å². The molecule has 4 aromatic carbocycles. The fraction of sp³-hybridized carbons (Fsp3) is 0.182. The second kappa shape index (κ2) is 14.6. The average molecular weight is 630 g/mol. The molecule has 1 fully saturated rings. The third kappa shape index (κ3) is 7.73. The molecule has 1 aliphatic heterocycles. The molecule has 0 aromatic heterocycles.